The Balaban J connectivity index is 2.00. The van der Waals surface area contributed by atoms with Crippen LogP contribution in [0.25, 0.3) is 0 Å². The van der Waals surface area contributed by atoms with E-state index < -0.39 is 18.0 Å². The van der Waals surface area contributed by atoms with Gasteiger partial charge in [0.1, 0.15) is 11.5 Å². The number of benzene rings is 2. The van der Waals surface area contributed by atoms with Crippen molar-refractivity contribution >= 4 is 50.0 Å². The summed E-state index contributed by atoms with van der Waals surface area (Å²) in [5, 5.41) is 22.6. The summed E-state index contributed by atoms with van der Waals surface area (Å²) >= 11 is 6.40. The van der Waals surface area contributed by atoms with Crippen molar-refractivity contribution in [2.45, 2.75) is 13.0 Å². The highest BCUT2D eigenvalue weighted by Crippen LogP contribution is 2.31. The van der Waals surface area contributed by atoms with Gasteiger partial charge in [0, 0.05) is 4.47 Å². The Morgan fingerprint density at radius 2 is 1.88 bits per heavy atom. The molecule has 0 fully saturated rings. The molecule has 2 aromatic rings. The predicted octanol–water partition coefficient (Wildman–Crippen LogP) is 3.53. The molecule has 0 heterocycles. The van der Waals surface area contributed by atoms with E-state index in [1.165, 1.54) is 19.2 Å². The molecule has 3 N–H and O–H groups in total. The number of ether oxygens (including phenoxy) is 1. The van der Waals surface area contributed by atoms with Gasteiger partial charge in [0.2, 0.25) is 0 Å². The van der Waals surface area contributed by atoms with Crippen LogP contribution in [0.15, 0.2) is 50.4 Å². The van der Waals surface area contributed by atoms with Gasteiger partial charge in [-0.2, -0.15) is 5.10 Å². The number of hydrazone groups is 1. The molecule has 0 aliphatic heterocycles. The van der Waals surface area contributed by atoms with Crippen molar-refractivity contribution in [1.29, 1.82) is 0 Å². The molecule has 9 heteroatoms. The maximum atomic E-state index is 12.1. The van der Waals surface area contributed by atoms with Gasteiger partial charge in [0.05, 0.1) is 16.3 Å². The summed E-state index contributed by atoms with van der Waals surface area (Å²) < 4.78 is 6.23. The van der Waals surface area contributed by atoms with Gasteiger partial charge in [-0.05, 0) is 64.8 Å². The van der Waals surface area contributed by atoms with Crippen molar-refractivity contribution in [1.82, 2.24) is 5.43 Å². The van der Waals surface area contributed by atoms with E-state index in [0.717, 1.165) is 0 Å². The first-order chi connectivity index (χ1) is 12.3. The lowest BCUT2D eigenvalue weighted by molar-refractivity contribution is -0.144. The smallest absolute Gasteiger partial charge is 0.344 e. The van der Waals surface area contributed by atoms with Crippen molar-refractivity contribution in [3.8, 4) is 11.5 Å². The second kappa shape index (κ2) is 8.81. The van der Waals surface area contributed by atoms with E-state index in [4.69, 9.17) is 9.84 Å². The number of rotatable bonds is 6. The van der Waals surface area contributed by atoms with Gasteiger partial charge < -0.3 is 14.9 Å². The molecule has 0 radical (unpaired) electrons. The minimum Gasteiger partial charge on any atom is -0.506 e. The van der Waals surface area contributed by atoms with Crippen molar-refractivity contribution in [3.63, 3.8) is 0 Å². The van der Waals surface area contributed by atoms with Gasteiger partial charge in [-0.3, -0.25) is 4.79 Å². The number of carboxylic acid groups (broad SMARTS) is 1. The van der Waals surface area contributed by atoms with E-state index in [1.54, 1.807) is 30.3 Å². The molecule has 0 spiro atoms. The molecule has 136 valence electrons. The van der Waals surface area contributed by atoms with Crippen LogP contribution >= 0.6 is 31.9 Å². The molecule has 0 bridgehead atoms. The summed E-state index contributed by atoms with van der Waals surface area (Å²) in [6, 6.07) is 9.60. The number of hydrogen-bond acceptors (Lipinski definition) is 5. The van der Waals surface area contributed by atoms with Crippen LogP contribution in [0.5, 0.6) is 11.5 Å². The fourth-order valence-corrected chi connectivity index (χ4v) is 3.08. The Labute approximate surface area is 165 Å². The molecule has 2 rings (SSSR count). The highest BCUT2D eigenvalue weighted by atomic mass is 79.9. The Kier molecular flexibility index (Phi) is 6.76. The summed E-state index contributed by atoms with van der Waals surface area (Å²) in [6.45, 7) is 1.43. The first-order valence-corrected chi connectivity index (χ1v) is 8.87. The maximum absolute atomic E-state index is 12.1. The number of halogens is 2. The second-order valence-corrected chi connectivity index (χ2v) is 6.92. The van der Waals surface area contributed by atoms with Gasteiger partial charge in [-0.1, -0.05) is 15.9 Å². The number of nitrogens with one attached hydrogen (secondary N) is 1. The summed E-state index contributed by atoms with van der Waals surface area (Å²) in [6.07, 6.45) is 0.456. The summed E-state index contributed by atoms with van der Waals surface area (Å²) in [5.41, 5.74) is 3.06. The number of nitrogens with zero attached hydrogens (tertiary/aromatic N) is 1. The van der Waals surface area contributed by atoms with Crippen molar-refractivity contribution in [2.24, 2.45) is 5.10 Å². The molecule has 0 saturated carbocycles. The number of aromatic hydroxyl groups is 1. The average Bonchev–Trinajstić information content (AvgIpc) is 2.59. The van der Waals surface area contributed by atoms with E-state index in [0.29, 0.717) is 20.3 Å². The standard InChI is InChI=1S/C17H14Br2N2O5/c1-9(17(24)25)26-12-4-2-10(3-5-12)8-20-21-16(23)13-6-11(18)7-14(19)15(13)22/h2-9,22H,1H3,(H,21,23)(H,24,25)/b20-8-/t9-/m0/s1. The van der Waals surface area contributed by atoms with Crippen molar-refractivity contribution in [2.75, 3.05) is 0 Å². The van der Waals surface area contributed by atoms with Gasteiger partial charge >= 0.3 is 5.97 Å². The highest BCUT2D eigenvalue weighted by molar-refractivity contribution is 9.11. The Morgan fingerprint density at radius 3 is 2.50 bits per heavy atom. The van der Waals surface area contributed by atoms with E-state index in [9.17, 15) is 14.7 Å². The normalized spacial score (nSPS) is 12.0. The number of carbonyl (C=O) groups excluding carboxylic acids is 1. The number of phenols is 1. The third kappa shape index (κ3) is 5.30. The third-order valence-corrected chi connectivity index (χ3v) is 4.26. The zero-order valence-corrected chi connectivity index (χ0v) is 16.6. The number of amides is 1. The minimum atomic E-state index is -1.05. The van der Waals surface area contributed by atoms with E-state index >= 15 is 0 Å². The van der Waals surface area contributed by atoms with Crippen LogP contribution in [-0.4, -0.2) is 34.4 Å². The number of hydrogen-bond donors (Lipinski definition) is 3. The molecule has 0 aromatic heterocycles. The van der Waals surface area contributed by atoms with Crippen molar-refractivity contribution < 1.29 is 24.5 Å². The van der Waals surface area contributed by atoms with Crippen LogP contribution in [0, 0.1) is 0 Å². The SMILES string of the molecule is C[C@H](Oc1ccc(/C=N\NC(=O)c2cc(Br)cc(Br)c2O)cc1)C(=O)O. The molecule has 0 aliphatic rings. The number of aliphatic carboxylic acids is 1. The van der Waals surface area contributed by atoms with Gasteiger partial charge in [0.25, 0.3) is 5.91 Å². The van der Waals surface area contributed by atoms with Crippen LogP contribution in [0.4, 0.5) is 0 Å². The average molecular weight is 486 g/mol. The quantitative estimate of drug-likeness (QED) is 0.428. The largest absolute Gasteiger partial charge is 0.506 e. The zero-order chi connectivity index (χ0) is 19.3. The van der Waals surface area contributed by atoms with Crippen molar-refractivity contribution in [3.05, 3.63) is 56.5 Å². The van der Waals surface area contributed by atoms with Crippen LogP contribution in [0.2, 0.25) is 0 Å². The lowest BCUT2D eigenvalue weighted by Gasteiger charge is -2.10. The third-order valence-electron chi connectivity index (χ3n) is 3.19. The fourth-order valence-electron chi connectivity index (χ4n) is 1.85. The van der Waals surface area contributed by atoms with Crippen LogP contribution < -0.4 is 10.2 Å². The Morgan fingerprint density at radius 1 is 1.23 bits per heavy atom. The lowest BCUT2D eigenvalue weighted by atomic mass is 10.2. The molecule has 26 heavy (non-hydrogen) atoms. The Bertz CT molecular complexity index is 853. The lowest BCUT2D eigenvalue weighted by Crippen LogP contribution is -2.22. The Hall–Kier alpha value is -2.39. The summed E-state index contributed by atoms with van der Waals surface area (Å²) in [5.74, 6) is -1.41. The molecule has 2 aromatic carbocycles. The molecular weight excluding hydrogens is 472 g/mol. The number of phenolic OH excluding ortho intramolecular Hbond substituents is 1. The van der Waals surface area contributed by atoms with E-state index in [1.807, 2.05) is 0 Å². The minimum absolute atomic E-state index is 0.0646. The molecular formula is C17H14Br2N2O5. The summed E-state index contributed by atoms with van der Waals surface area (Å²) in [7, 11) is 0. The molecule has 0 unspecified atom stereocenters. The molecule has 7 nitrogen and oxygen atoms in total. The summed E-state index contributed by atoms with van der Waals surface area (Å²) in [4.78, 5) is 22.8. The molecule has 0 aliphatic carbocycles. The predicted molar refractivity (Wildman–Crippen MR) is 103 cm³/mol. The number of carboxylic acids is 1. The van der Waals surface area contributed by atoms with E-state index in [-0.39, 0.29) is 11.3 Å². The van der Waals surface area contributed by atoms with Gasteiger partial charge in [-0.25, -0.2) is 10.2 Å². The van der Waals surface area contributed by atoms with Gasteiger partial charge in [-0.15, -0.1) is 0 Å². The highest BCUT2D eigenvalue weighted by Gasteiger charge is 2.14. The topological polar surface area (TPSA) is 108 Å². The first-order valence-electron chi connectivity index (χ1n) is 7.29. The molecule has 1 amide bonds. The first kappa shape index (κ1) is 19.9. The molecule has 0 saturated heterocycles. The number of carbonyl (C=O) groups is 2. The fraction of sp³-hybridized carbons (Fsp3) is 0.118. The van der Waals surface area contributed by atoms with E-state index in [2.05, 4.69) is 42.4 Å². The molecule has 1 atom stereocenters. The van der Waals surface area contributed by atoms with Crippen LogP contribution in [-0.2, 0) is 4.79 Å². The second-order valence-electron chi connectivity index (χ2n) is 5.15. The monoisotopic (exact) mass is 484 g/mol. The zero-order valence-electron chi connectivity index (χ0n) is 13.4. The van der Waals surface area contributed by atoms with Crippen LogP contribution in [0.3, 0.4) is 0 Å². The van der Waals surface area contributed by atoms with Crippen LogP contribution in [0.1, 0.15) is 22.8 Å². The van der Waals surface area contributed by atoms with Gasteiger partial charge in [0.15, 0.2) is 6.10 Å². The maximum Gasteiger partial charge on any atom is 0.344 e.